The van der Waals surface area contributed by atoms with Gasteiger partial charge in [0, 0.05) is 50.1 Å². The summed E-state index contributed by atoms with van der Waals surface area (Å²) in [4.78, 5) is 3.76. The second-order valence-electron chi connectivity index (χ2n) is 11.0. The molecule has 6 rings (SSSR count). The molecule has 50 heavy (non-hydrogen) atoms. The smallest absolute Gasteiger partial charge is 0.365 e. The van der Waals surface area contributed by atoms with Gasteiger partial charge in [-0.2, -0.15) is 38.8 Å². The van der Waals surface area contributed by atoms with Crippen LogP contribution in [0.1, 0.15) is 46.1 Å². The summed E-state index contributed by atoms with van der Waals surface area (Å²) >= 11 is 0. The van der Waals surface area contributed by atoms with Crippen LogP contribution in [0.2, 0.25) is 0 Å². The molecule has 0 unspecified atom stereocenters. The lowest BCUT2D eigenvalue weighted by Crippen LogP contribution is -2.17. The number of hydrogen-bond acceptors (Lipinski definition) is 8. The molecule has 0 aromatic carbocycles. The number of halogens is 4. The fraction of sp³-hybridized carbons (Fsp3) is 0.382. The van der Waals surface area contributed by atoms with E-state index < -0.39 is 12.7 Å². The highest BCUT2D eigenvalue weighted by Crippen LogP contribution is 2.16. The Bertz CT molecular complexity index is 1790. The van der Waals surface area contributed by atoms with E-state index in [4.69, 9.17) is 5.26 Å². The minimum Gasteiger partial charge on any atom is -0.365 e. The van der Waals surface area contributed by atoms with Crippen molar-refractivity contribution in [2.45, 2.75) is 81.2 Å². The van der Waals surface area contributed by atoms with E-state index in [0.717, 1.165) is 33.7 Å². The summed E-state index contributed by atoms with van der Waals surface area (Å²) in [6, 6.07) is 5.52. The molecule has 16 heteroatoms. The number of aryl methyl sites for hydroxylation is 9. The Morgan fingerprint density at radius 3 is 1.54 bits per heavy atom. The Balaban J connectivity index is 0.000000303. The van der Waals surface area contributed by atoms with Crippen molar-refractivity contribution in [3.63, 3.8) is 0 Å². The molecule has 0 saturated carbocycles. The second-order valence-corrected chi connectivity index (χ2v) is 11.0. The molecule has 0 bridgehead atoms. The van der Waals surface area contributed by atoms with Gasteiger partial charge in [-0.05, 0) is 89.3 Å². The van der Waals surface area contributed by atoms with E-state index in [-0.39, 0.29) is 5.82 Å². The van der Waals surface area contributed by atoms with E-state index in [1.54, 1.807) is 47.8 Å². The maximum absolute atomic E-state index is 12.4. The van der Waals surface area contributed by atoms with Crippen molar-refractivity contribution in [3.05, 3.63) is 119 Å². The molecular formula is C34H45F4N11O. The summed E-state index contributed by atoms with van der Waals surface area (Å²) in [5.74, 6) is -0.236. The number of aromatic nitrogens is 10. The fourth-order valence-electron chi connectivity index (χ4n) is 3.50. The molecule has 6 heterocycles. The Morgan fingerprint density at radius 1 is 0.740 bits per heavy atom. The molecule has 0 saturated heterocycles. The molecule has 0 N–H and O–H groups in total. The fourth-order valence-corrected chi connectivity index (χ4v) is 3.50. The van der Waals surface area contributed by atoms with Gasteiger partial charge in [0.05, 0.1) is 42.7 Å². The number of alkyl halides is 3. The zero-order valence-electron chi connectivity index (χ0n) is 29.9. The molecule has 0 aliphatic carbocycles. The lowest BCUT2D eigenvalue weighted by Gasteiger charge is -2.04. The molecule has 270 valence electrons. The Kier molecular flexibility index (Phi) is 18.8. The van der Waals surface area contributed by atoms with Crippen molar-refractivity contribution >= 4 is 0 Å². The quantitative estimate of drug-likeness (QED) is 0.177. The molecule has 12 nitrogen and oxygen atoms in total. The standard InChI is InChI=1S/C7H8FN.C6H7F3N2.C6H7N3.C6H10N2.C5H8N2.C4H5NO/c1-5-3-6(2)9-4-7(5)8;1-5-2-10-11(3-5)4-6(7,8)9;1-6-4-8-9(5-6)3-2-7;1-3-8-5-6(2)4-7-8;1-5-3-6-7(2)4-5;1-4-2-3-6-5-4/h3-4H,1-2H3;2-3H,4H2,1H3;4-5H,3H2,1H3;4-5H,3H2,1-2H3;3-4H,1-2H3;2-3H,1H3. The van der Waals surface area contributed by atoms with Crippen molar-refractivity contribution in [3.8, 4) is 6.07 Å². The molecule has 0 atom stereocenters. The zero-order chi connectivity index (χ0) is 37.7. The summed E-state index contributed by atoms with van der Waals surface area (Å²) < 4.78 is 58.1. The van der Waals surface area contributed by atoms with Crippen LogP contribution in [0.4, 0.5) is 17.6 Å². The molecule has 0 amide bonds. The summed E-state index contributed by atoms with van der Waals surface area (Å²) in [5.41, 5.74) is 6.69. The van der Waals surface area contributed by atoms with Gasteiger partial charge in [-0.3, -0.25) is 23.7 Å². The summed E-state index contributed by atoms with van der Waals surface area (Å²) in [5, 5.41) is 27.1. The Labute approximate surface area is 290 Å². The SMILES string of the molecule is CCn1cc(C)cn1.Cc1cc(C)c(F)cn1.Cc1ccon1.Cc1cnn(C)c1.Cc1cnn(CC#N)c1.Cc1cnn(CC(F)(F)F)c1. The maximum Gasteiger partial charge on any atom is 0.408 e. The second kappa shape index (κ2) is 22.1. The van der Waals surface area contributed by atoms with Crippen molar-refractivity contribution < 1.29 is 22.1 Å². The van der Waals surface area contributed by atoms with Gasteiger partial charge in [0.1, 0.15) is 25.2 Å². The minimum atomic E-state index is -4.18. The maximum atomic E-state index is 12.4. The summed E-state index contributed by atoms with van der Waals surface area (Å²) in [6.45, 7) is 15.5. The first-order chi connectivity index (χ1) is 23.5. The van der Waals surface area contributed by atoms with Gasteiger partial charge in [-0.25, -0.2) is 4.39 Å². The third-order valence-corrected chi connectivity index (χ3v) is 5.77. The topological polar surface area (TPSA) is 134 Å². The van der Waals surface area contributed by atoms with E-state index >= 15 is 0 Å². The highest BCUT2D eigenvalue weighted by Gasteiger charge is 2.28. The number of nitriles is 1. The molecule has 0 radical (unpaired) electrons. The van der Waals surface area contributed by atoms with E-state index in [9.17, 15) is 17.6 Å². The monoisotopic (exact) mass is 699 g/mol. The Hall–Kier alpha value is -5.59. The van der Waals surface area contributed by atoms with Crippen LogP contribution in [-0.4, -0.2) is 55.4 Å². The molecule has 0 aliphatic rings. The largest absolute Gasteiger partial charge is 0.408 e. The van der Waals surface area contributed by atoms with Crippen LogP contribution in [-0.2, 0) is 26.7 Å². The average Bonchev–Trinajstić information content (AvgIpc) is 3.89. The average molecular weight is 700 g/mol. The first-order valence-corrected chi connectivity index (χ1v) is 15.3. The van der Waals surface area contributed by atoms with Gasteiger partial charge in [0.25, 0.3) is 0 Å². The van der Waals surface area contributed by atoms with Gasteiger partial charge in [0.15, 0.2) is 0 Å². The first-order valence-electron chi connectivity index (χ1n) is 15.3. The van der Waals surface area contributed by atoms with Gasteiger partial charge >= 0.3 is 6.18 Å². The van der Waals surface area contributed by atoms with E-state index in [2.05, 4.69) is 42.0 Å². The number of hydrogen-bond donors (Lipinski definition) is 0. The van der Waals surface area contributed by atoms with Gasteiger partial charge in [-0.15, -0.1) is 0 Å². The zero-order valence-corrected chi connectivity index (χ0v) is 29.9. The van der Waals surface area contributed by atoms with Crippen LogP contribution in [0.25, 0.3) is 0 Å². The number of pyridine rings is 1. The lowest BCUT2D eigenvalue weighted by molar-refractivity contribution is -0.142. The predicted molar refractivity (Wildman–Crippen MR) is 181 cm³/mol. The van der Waals surface area contributed by atoms with Crippen LogP contribution >= 0.6 is 0 Å². The van der Waals surface area contributed by atoms with Gasteiger partial charge in [0.2, 0.25) is 0 Å². The third-order valence-electron chi connectivity index (χ3n) is 5.77. The van der Waals surface area contributed by atoms with Gasteiger partial charge in [-0.1, -0.05) is 5.16 Å². The van der Waals surface area contributed by atoms with Crippen LogP contribution in [0, 0.1) is 65.6 Å². The third kappa shape index (κ3) is 19.9. The van der Waals surface area contributed by atoms with E-state index in [0.29, 0.717) is 12.1 Å². The molecule has 0 spiro atoms. The van der Waals surface area contributed by atoms with E-state index in [1.165, 1.54) is 29.7 Å². The first kappa shape index (κ1) is 42.4. The molecule has 0 fully saturated rings. The predicted octanol–water partition coefficient (Wildman–Crippen LogP) is 7.23. The highest BCUT2D eigenvalue weighted by atomic mass is 19.4. The highest BCUT2D eigenvalue weighted by molar-refractivity contribution is 5.15. The van der Waals surface area contributed by atoms with E-state index in [1.807, 2.05) is 83.4 Å². The molecule has 6 aromatic heterocycles. The van der Waals surface area contributed by atoms with Crippen LogP contribution in [0.3, 0.4) is 0 Å². The Morgan fingerprint density at radius 2 is 1.26 bits per heavy atom. The van der Waals surface area contributed by atoms with Crippen molar-refractivity contribution in [1.82, 2.24) is 49.3 Å². The van der Waals surface area contributed by atoms with Crippen molar-refractivity contribution in [1.29, 1.82) is 5.26 Å². The van der Waals surface area contributed by atoms with Crippen LogP contribution in [0.15, 0.2) is 78.7 Å². The summed E-state index contributed by atoms with van der Waals surface area (Å²) in [6.07, 6.45) is 12.6. The summed E-state index contributed by atoms with van der Waals surface area (Å²) in [7, 11) is 1.91. The van der Waals surface area contributed by atoms with Crippen LogP contribution < -0.4 is 0 Å². The number of rotatable bonds is 3. The molecule has 6 aromatic rings. The normalized spacial score (nSPS) is 9.92. The molecule has 0 aliphatic heterocycles. The molecular weight excluding hydrogens is 654 g/mol. The van der Waals surface area contributed by atoms with Gasteiger partial charge < -0.3 is 4.52 Å². The number of nitrogens with zero attached hydrogens (tertiary/aromatic N) is 11. The van der Waals surface area contributed by atoms with Crippen molar-refractivity contribution in [2.24, 2.45) is 7.05 Å². The van der Waals surface area contributed by atoms with Crippen molar-refractivity contribution in [2.75, 3.05) is 0 Å². The minimum absolute atomic E-state index is 0.236. The van der Waals surface area contributed by atoms with Crippen LogP contribution in [0.5, 0.6) is 0 Å². The lowest BCUT2D eigenvalue weighted by atomic mass is 10.2.